The Labute approximate surface area is 141 Å². The van der Waals surface area contributed by atoms with E-state index < -0.39 is 0 Å². The van der Waals surface area contributed by atoms with Crippen molar-refractivity contribution in [3.63, 3.8) is 0 Å². The molecule has 0 aromatic carbocycles. The molecule has 0 aromatic heterocycles. The fraction of sp³-hybridized carbons (Fsp3) is 1.00. The molecule has 1 heteroatoms. The maximum atomic E-state index is 3.93. The third-order valence-electron chi connectivity index (χ3n) is 5.45. The number of rotatable bonds is 11. The Kier molecular flexibility index (Phi) is 9.05. The van der Waals surface area contributed by atoms with Crippen molar-refractivity contribution in [2.45, 2.75) is 129 Å². The number of hydrogen-bond acceptors (Lipinski definition) is 1. The topological polar surface area (TPSA) is 12.0 Å². The highest BCUT2D eigenvalue weighted by atomic mass is 15.1. The average Bonchev–Trinajstić information content (AvgIpc) is 2.39. The Balaban J connectivity index is 2.21. The van der Waals surface area contributed by atoms with Crippen molar-refractivity contribution in [1.29, 1.82) is 0 Å². The number of unbranched alkanes of at least 4 members (excludes halogenated alkanes) is 7. The predicted molar refractivity (Wildman–Crippen MR) is 100 cm³/mol. The van der Waals surface area contributed by atoms with E-state index >= 15 is 0 Å². The van der Waals surface area contributed by atoms with Gasteiger partial charge < -0.3 is 5.32 Å². The summed E-state index contributed by atoms with van der Waals surface area (Å²) in [6.07, 6.45) is 18.4. The van der Waals surface area contributed by atoms with E-state index in [1.165, 1.54) is 83.5 Å². The maximum absolute atomic E-state index is 3.93. The third-order valence-corrected chi connectivity index (χ3v) is 5.45. The smallest absolute Gasteiger partial charge is 0.0160 e. The first-order valence-corrected chi connectivity index (χ1v) is 10.2. The average molecular weight is 310 g/mol. The quantitative estimate of drug-likeness (QED) is 0.411. The number of hydrogen-bond donors (Lipinski definition) is 1. The lowest BCUT2D eigenvalue weighted by Gasteiger charge is -2.48. The van der Waals surface area contributed by atoms with Crippen LogP contribution in [0.15, 0.2) is 0 Å². The van der Waals surface area contributed by atoms with Crippen LogP contribution in [-0.2, 0) is 0 Å². The largest absolute Gasteiger partial charge is 0.307 e. The van der Waals surface area contributed by atoms with Gasteiger partial charge in [0.25, 0.3) is 0 Å². The van der Waals surface area contributed by atoms with Gasteiger partial charge in [-0.05, 0) is 46.0 Å². The second-order valence-electron chi connectivity index (χ2n) is 8.86. The minimum atomic E-state index is 0.326. The third kappa shape index (κ3) is 7.99. The Bertz CT molecular complexity index is 284. The van der Waals surface area contributed by atoms with E-state index in [2.05, 4.69) is 39.9 Å². The van der Waals surface area contributed by atoms with E-state index in [-0.39, 0.29) is 0 Å². The molecule has 0 spiro atoms. The Morgan fingerprint density at radius 2 is 1.36 bits per heavy atom. The lowest BCUT2D eigenvalue weighted by atomic mass is 9.72. The summed E-state index contributed by atoms with van der Waals surface area (Å²) in [7, 11) is 0. The molecule has 1 fully saturated rings. The summed E-state index contributed by atoms with van der Waals surface area (Å²) >= 11 is 0. The molecule has 0 aliphatic carbocycles. The van der Waals surface area contributed by atoms with Crippen LogP contribution in [0, 0.1) is 5.92 Å². The highest BCUT2D eigenvalue weighted by Gasteiger charge is 2.39. The predicted octanol–water partition coefficient (Wildman–Crippen LogP) is 6.85. The van der Waals surface area contributed by atoms with Gasteiger partial charge in [-0.1, -0.05) is 78.1 Å². The van der Waals surface area contributed by atoms with Crippen LogP contribution >= 0.6 is 0 Å². The molecule has 1 aliphatic rings. The molecule has 0 aromatic rings. The molecule has 1 saturated heterocycles. The second kappa shape index (κ2) is 9.96. The minimum Gasteiger partial charge on any atom is -0.307 e. The van der Waals surface area contributed by atoms with Gasteiger partial charge in [0, 0.05) is 11.1 Å². The first-order valence-electron chi connectivity index (χ1n) is 10.2. The fourth-order valence-corrected chi connectivity index (χ4v) is 4.84. The highest BCUT2D eigenvalue weighted by molar-refractivity contribution is 4.98. The maximum Gasteiger partial charge on any atom is 0.0160 e. The van der Waals surface area contributed by atoms with Crippen molar-refractivity contribution in [2.75, 3.05) is 0 Å². The molecule has 1 nitrogen and oxygen atoms in total. The van der Waals surface area contributed by atoms with Crippen molar-refractivity contribution in [3.8, 4) is 0 Å². The fourth-order valence-electron chi connectivity index (χ4n) is 4.84. The van der Waals surface area contributed by atoms with E-state index in [1.807, 2.05) is 0 Å². The van der Waals surface area contributed by atoms with Gasteiger partial charge in [0.15, 0.2) is 0 Å². The van der Waals surface area contributed by atoms with Gasteiger partial charge in [-0.3, -0.25) is 0 Å². The lowest BCUT2D eigenvalue weighted by molar-refractivity contribution is 0.102. The molecule has 0 saturated carbocycles. The van der Waals surface area contributed by atoms with Crippen molar-refractivity contribution >= 4 is 0 Å². The van der Waals surface area contributed by atoms with Gasteiger partial charge in [0.2, 0.25) is 0 Å². The van der Waals surface area contributed by atoms with Gasteiger partial charge in [0.1, 0.15) is 0 Å². The summed E-state index contributed by atoms with van der Waals surface area (Å²) in [6.45, 7) is 11.9. The van der Waals surface area contributed by atoms with Gasteiger partial charge >= 0.3 is 0 Å². The van der Waals surface area contributed by atoms with E-state index in [0.717, 1.165) is 5.92 Å². The molecule has 22 heavy (non-hydrogen) atoms. The van der Waals surface area contributed by atoms with Crippen molar-refractivity contribution in [1.82, 2.24) is 5.32 Å². The molecule has 2 atom stereocenters. The van der Waals surface area contributed by atoms with Crippen LogP contribution in [0.5, 0.6) is 0 Å². The molecule has 1 heterocycles. The van der Waals surface area contributed by atoms with Crippen LogP contribution < -0.4 is 5.32 Å². The van der Waals surface area contributed by atoms with Crippen LogP contribution in [0.2, 0.25) is 0 Å². The number of piperidine rings is 1. The van der Waals surface area contributed by atoms with Crippen LogP contribution in [0.3, 0.4) is 0 Å². The van der Waals surface area contributed by atoms with Gasteiger partial charge in [-0.2, -0.15) is 0 Å². The first-order chi connectivity index (χ1) is 10.4. The van der Waals surface area contributed by atoms with Crippen LogP contribution in [0.1, 0.15) is 118 Å². The van der Waals surface area contributed by atoms with E-state index in [9.17, 15) is 0 Å². The molecule has 132 valence electrons. The zero-order valence-electron chi connectivity index (χ0n) is 16.3. The normalized spacial score (nSPS) is 28.0. The van der Waals surface area contributed by atoms with E-state index in [4.69, 9.17) is 0 Å². The number of nitrogens with one attached hydrogen (secondary N) is 1. The molecule has 0 bridgehead atoms. The monoisotopic (exact) mass is 309 g/mol. The van der Waals surface area contributed by atoms with Gasteiger partial charge in [-0.25, -0.2) is 0 Å². The zero-order valence-corrected chi connectivity index (χ0v) is 16.3. The van der Waals surface area contributed by atoms with Crippen LogP contribution in [0.25, 0.3) is 0 Å². The minimum absolute atomic E-state index is 0.326. The summed E-state index contributed by atoms with van der Waals surface area (Å²) in [4.78, 5) is 0. The Morgan fingerprint density at radius 1 is 0.773 bits per heavy atom. The summed E-state index contributed by atoms with van der Waals surface area (Å²) < 4.78 is 0. The summed E-state index contributed by atoms with van der Waals surface area (Å²) in [5.41, 5.74) is 0.703. The van der Waals surface area contributed by atoms with Gasteiger partial charge in [-0.15, -0.1) is 0 Å². The summed E-state index contributed by atoms with van der Waals surface area (Å²) in [5, 5.41) is 3.93. The molecule has 0 amide bonds. The zero-order chi connectivity index (χ0) is 16.5. The standard InChI is InChI=1S/C21H43N/c1-6-8-9-10-11-12-13-14-15-19-17-20(3,4)22-21(5,18-19)16-7-2/h19,22H,6-18H2,1-5H3. The van der Waals surface area contributed by atoms with Crippen molar-refractivity contribution in [3.05, 3.63) is 0 Å². The summed E-state index contributed by atoms with van der Waals surface area (Å²) in [5.74, 6) is 0.938. The van der Waals surface area contributed by atoms with Crippen molar-refractivity contribution < 1.29 is 0 Å². The van der Waals surface area contributed by atoms with Crippen LogP contribution in [0.4, 0.5) is 0 Å². The molecule has 1 aliphatic heterocycles. The Morgan fingerprint density at radius 3 is 1.95 bits per heavy atom. The highest BCUT2D eigenvalue weighted by Crippen LogP contribution is 2.37. The molecule has 2 unspecified atom stereocenters. The van der Waals surface area contributed by atoms with Crippen LogP contribution in [-0.4, -0.2) is 11.1 Å². The Hall–Kier alpha value is -0.0400. The molecule has 0 radical (unpaired) electrons. The molecular weight excluding hydrogens is 266 g/mol. The van der Waals surface area contributed by atoms with E-state index in [1.54, 1.807) is 0 Å². The first kappa shape index (κ1) is 20.0. The SMILES string of the molecule is CCCCCCCCCCC1CC(C)(C)NC(C)(CCC)C1. The van der Waals surface area contributed by atoms with Crippen molar-refractivity contribution in [2.24, 2.45) is 5.92 Å². The second-order valence-corrected chi connectivity index (χ2v) is 8.86. The van der Waals surface area contributed by atoms with E-state index in [0.29, 0.717) is 11.1 Å². The molecule has 1 rings (SSSR count). The summed E-state index contributed by atoms with van der Waals surface area (Å²) in [6, 6.07) is 0. The lowest BCUT2D eigenvalue weighted by Crippen LogP contribution is -2.59. The van der Waals surface area contributed by atoms with Gasteiger partial charge in [0.05, 0.1) is 0 Å². The molecule has 1 N–H and O–H groups in total. The molecular formula is C21H43N.